The highest BCUT2D eigenvalue weighted by atomic mass is 127. The number of fused-ring (bicyclic) bond motifs is 4. The van der Waals surface area contributed by atoms with Crippen LogP contribution in [0.15, 0.2) is 77.1 Å². The van der Waals surface area contributed by atoms with Gasteiger partial charge in [-0.2, -0.15) is 0 Å². The molecule has 4 aliphatic heterocycles. The fourth-order valence-electron chi connectivity index (χ4n) is 11.5. The van der Waals surface area contributed by atoms with Crippen molar-refractivity contribution < 1.29 is 99.9 Å². The van der Waals surface area contributed by atoms with E-state index in [2.05, 4.69) is 15.6 Å². The van der Waals surface area contributed by atoms with Crippen LogP contribution in [0.5, 0.6) is 23.0 Å². The molecule has 0 aromatic heterocycles. The van der Waals surface area contributed by atoms with Crippen molar-refractivity contribution in [3.8, 4) is 23.0 Å². The molecule has 27 nitrogen and oxygen atoms in total. The predicted molar refractivity (Wildman–Crippen MR) is 383 cm³/mol. The zero-order valence-corrected chi connectivity index (χ0v) is 61.7. The molecule has 2 N–H and O–H groups in total. The average Bonchev–Trinajstić information content (AvgIpc) is 1.62. The molecule has 101 heavy (non-hydrogen) atoms. The van der Waals surface area contributed by atoms with E-state index in [4.69, 9.17) is 66.3 Å². The van der Waals surface area contributed by atoms with Gasteiger partial charge in [0.2, 0.25) is 11.8 Å². The topological polar surface area (TPSA) is 295 Å². The summed E-state index contributed by atoms with van der Waals surface area (Å²) in [6, 6.07) is 12.1. The van der Waals surface area contributed by atoms with Crippen molar-refractivity contribution in [3.05, 3.63) is 94.3 Å². The van der Waals surface area contributed by atoms with E-state index in [-0.39, 0.29) is 104 Å². The van der Waals surface area contributed by atoms with Crippen molar-refractivity contribution in [2.45, 2.75) is 117 Å². The first-order valence-corrected chi connectivity index (χ1v) is 36.1. The smallest absolute Gasteiger partial charge is 0.416 e. The van der Waals surface area contributed by atoms with E-state index in [1.54, 1.807) is 77.7 Å². The Bertz CT molecular complexity index is 3280. The Balaban J connectivity index is 0.766. The second-order valence-corrected chi connectivity index (χ2v) is 25.7. The highest BCUT2D eigenvalue weighted by Crippen LogP contribution is 2.43. The Morgan fingerprint density at radius 2 is 1.12 bits per heavy atom. The number of anilines is 1. The van der Waals surface area contributed by atoms with Gasteiger partial charge in [0.05, 0.1) is 178 Å². The first-order chi connectivity index (χ1) is 48.9. The van der Waals surface area contributed by atoms with Gasteiger partial charge in [0.15, 0.2) is 35.0 Å². The maximum Gasteiger partial charge on any atom is 0.416 e. The number of ether oxygens (including phenoxy) is 14. The Kier molecular flexibility index (Phi) is 35.2. The van der Waals surface area contributed by atoms with Crippen molar-refractivity contribution in [1.82, 2.24) is 20.4 Å². The lowest BCUT2D eigenvalue weighted by Crippen LogP contribution is -2.51. The van der Waals surface area contributed by atoms with Crippen molar-refractivity contribution in [3.63, 3.8) is 0 Å². The zero-order valence-electron chi connectivity index (χ0n) is 59.6. The van der Waals surface area contributed by atoms with Gasteiger partial charge in [-0.1, -0.05) is 71.9 Å². The van der Waals surface area contributed by atoms with Gasteiger partial charge in [-0.15, -0.1) is 0 Å². The number of ketones is 2. The summed E-state index contributed by atoms with van der Waals surface area (Å²) in [5.74, 6) is -0.534. The molecule has 3 aromatic rings. The lowest BCUT2D eigenvalue weighted by Gasteiger charge is -2.34. The number of nitrogens with zero attached hydrogens (tertiary/aromatic N) is 4. The number of benzene rings is 3. The number of hydrogen-bond acceptors (Lipinski definition) is 22. The number of alkyl halides is 1. The monoisotopic (exact) mass is 1520 g/mol. The average molecular weight is 1530 g/mol. The summed E-state index contributed by atoms with van der Waals surface area (Å²) in [4.78, 5) is 103. The number of halogens is 1. The lowest BCUT2D eigenvalue weighted by molar-refractivity contribution is -0.133. The zero-order chi connectivity index (χ0) is 72.5. The van der Waals surface area contributed by atoms with E-state index in [0.717, 1.165) is 24.0 Å². The normalized spacial score (nSPS) is 16.7. The third kappa shape index (κ3) is 25.7. The SMILES string of the molecule is COc1cc2c(cc1OCCCCCOc1cc3c(cc1OC)C(=O)N1C=C(C)C[C@H]1[C@H](OC)N3C(=O)OCc1ccc(CC(=O)[C@H](C)NC(=O)[C@@H](CC(=O)CCOCCOCCOCCOCCOCCOCCOCCOCCNC(=O)CI)C(C)C)cc1)N=C[C@@H]1CC(C)=CN1C2=O. The summed E-state index contributed by atoms with van der Waals surface area (Å²) in [7, 11) is 4.49. The second kappa shape index (κ2) is 43.7. The van der Waals surface area contributed by atoms with Crippen LogP contribution in [-0.4, -0.2) is 233 Å². The maximum absolute atomic E-state index is 14.5. The summed E-state index contributed by atoms with van der Waals surface area (Å²) in [5, 5.41) is 5.57. The van der Waals surface area contributed by atoms with Crippen LogP contribution >= 0.6 is 22.6 Å². The van der Waals surface area contributed by atoms with Crippen molar-refractivity contribution in [1.29, 1.82) is 0 Å². The predicted octanol–water partition coefficient (Wildman–Crippen LogP) is 8.34. The molecule has 28 heteroatoms. The van der Waals surface area contributed by atoms with E-state index in [9.17, 15) is 33.6 Å². The fourth-order valence-corrected chi connectivity index (χ4v) is 11.8. The number of unbranched alkanes of at least 4 members (excludes halogenated alkanes) is 2. The Hall–Kier alpha value is -7.13. The summed E-state index contributed by atoms with van der Waals surface area (Å²) < 4.78 is 80.4. The molecule has 4 heterocycles. The number of carbonyl (C=O) groups is 7. The lowest BCUT2D eigenvalue weighted by atomic mass is 9.88. The van der Waals surface area contributed by atoms with Gasteiger partial charge in [-0.05, 0) is 82.1 Å². The minimum absolute atomic E-state index is 0.00302. The molecule has 7 rings (SSSR count). The van der Waals surface area contributed by atoms with E-state index in [1.165, 1.54) is 26.2 Å². The Morgan fingerprint density at radius 1 is 0.604 bits per heavy atom. The molecule has 0 aliphatic carbocycles. The number of nitrogens with one attached hydrogen (secondary N) is 2. The number of amides is 5. The summed E-state index contributed by atoms with van der Waals surface area (Å²) in [5.41, 5.74) is 4.72. The molecule has 0 unspecified atom stereocenters. The highest BCUT2D eigenvalue weighted by molar-refractivity contribution is 14.1. The van der Waals surface area contributed by atoms with E-state index < -0.39 is 30.3 Å². The number of rotatable bonds is 49. The quantitative estimate of drug-likeness (QED) is 0.0305. The van der Waals surface area contributed by atoms with Crippen LogP contribution in [-0.2, 0) is 79.6 Å². The molecule has 0 saturated carbocycles. The van der Waals surface area contributed by atoms with Gasteiger partial charge < -0.3 is 86.7 Å². The molecule has 4 aliphatic rings. The standard InChI is InChI=1S/C73H101IN6O21/c1-49(2)57(39-56(81)16-20-91-22-24-93-26-28-95-30-32-97-34-35-98-33-31-96-29-27-94-25-23-92-21-17-75-68(83)44-74)69(84)77-52(5)63(82)38-53-12-14-54(15-13-53)48-101-73(87)80-61-43-67(65(89-7)41-59(61)71(86)79-47-51(4)37-62(79)72(80)90-8)100-19-11-9-10-18-99-66-42-60-58(40-64(66)88-6)70(85)78-46-50(3)36-55(78)45-76-60/h12-15,40-43,45-47,49,52,55,57,62,72H,9-11,16-39,44,48H2,1-8H3,(H,75,83)(H,77,84)/t52-,55-,57-,62-,72-/m0/s1. The molecule has 5 amide bonds. The van der Waals surface area contributed by atoms with E-state index in [1.807, 2.05) is 56.5 Å². The molecule has 5 atom stereocenters. The van der Waals surface area contributed by atoms with Crippen LogP contribution in [0.25, 0.3) is 0 Å². The first-order valence-electron chi connectivity index (χ1n) is 34.5. The Labute approximate surface area is 605 Å². The Morgan fingerprint density at radius 3 is 1.67 bits per heavy atom. The van der Waals surface area contributed by atoms with Gasteiger partial charge in [0, 0.05) is 69.6 Å². The van der Waals surface area contributed by atoms with Gasteiger partial charge in [-0.3, -0.25) is 33.8 Å². The summed E-state index contributed by atoms with van der Waals surface area (Å²) in [6.45, 7) is 16.6. The van der Waals surface area contributed by atoms with Crippen LogP contribution < -0.4 is 34.5 Å². The number of methoxy groups -OCH3 is 3. The maximum atomic E-state index is 14.5. The molecular formula is C73H101IN6O21. The minimum Gasteiger partial charge on any atom is -0.493 e. The third-order valence-corrected chi connectivity index (χ3v) is 17.7. The number of Topliss-reactive ketones (excluding diaryl/α,β-unsaturated/α-hetero) is 2. The van der Waals surface area contributed by atoms with Crippen molar-refractivity contribution in [2.75, 3.05) is 156 Å². The van der Waals surface area contributed by atoms with Crippen LogP contribution in [0.4, 0.5) is 16.2 Å². The van der Waals surface area contributed by atoms with Crippen LogP contribution in [0.2, 0.25) is 0 Å². The van der Waals surface area contributed by atoms with Crippen LogP contribution in [0.3, 0.4) is 0 Å². The van der Waals surface area contributed by atoms with Gasteiger partial charge in [0.1, 0.15) is 12.4 Å². The molecule has 0 saturated heterocycles. The highest BCUT2D eigenvalue weighted by Gasteiger charge is 2.46. The number of hydrogen-bond donors (Lipinski definition) is 2. The molecular weight excluding hydrogens is 1420 g/mol. The van der Waals surface area contributed by atoms with Crippen molar-refractivity contribution in [2.24, 2.45) is 16.8 Å². The second-order valence-electron chi connectivity index (χ2n) is 25.0. The van der Waals surface area contributed by atoms with Gasteiger partial charge in [-0.25, -0.2) is 9.69 Å². The number of carbonyl (C=O) groups excluding carboxylic acids is 7. The summed E-state index contributed by atoms with van der Waals surface area (Å²) in [6.07, 6.45) is 7.05. The molecule has 0 fully saturated rings. The summed E-state index contributed by atoms with van der Waals surface area (Å²) >= 11 is 2.01. The molecule has 3 aromatic carbocycles. The molecule has 0 radical (unpaired) electrons. The molecule has 0 spiro atoms. The van der Waals surface area contributed by atoms with Crippen LogP contribution in [0, 0.1) is 11.8 Å². The third-order valence-electron chi connectivity index (χ3n) is 17.0. The molecule has 556 valence electrons. The minimum atomic E-state index is -0.957. The van der Waals surface area contributed by atoms with Gasteiger partial charge >= 0.3 is 6.09 Å². The largest absolute Gasteiger partial charge is 0.493 e. The van der Waals surface area contributed by atoms with Gasteiger partial charge in [0.25, 0.3) is 11.8 Å². The first kappa shape index (κ1) is 81.2. The van der Waals surface area contributed by atoms with E-state index in [0.29, 0.717) is 175 Å². The fraction of sp³-hybridized carbons (Fsp3) is 0.589. The van der Waals surface area contributed by atoms with E-state index >= 15 is 0 Å². The number of aliphatic imine (C=N–C) groups is 1. The molecule has 0 bridgehead atoms. The van der Waals surface area contributed by atoms with Crippen LogP contribution in [0.1, 0.15) is 111 Å². The van der Waals surface area contributed by atoms with Crippen molar-refractivity contribution >= 4 is 81.5 Å².